The number of hydrogen-bond donors (Lipinski definition) is 0. The molecule has 0 N–H and O–H groups in total. The van der Waals surface area contributed by atoms with Gasteiger partial charge in [-0.1, -0.05) is 17.3 Å². The van der Waals surface area contributed by atoms with Gasteiger partial charge in [0.2, 0.25) is 11.6 Å². The van der Waals surface area contributed by atoms with Gasteiger partial charge in [0.1, 0.15) is 17.8 Å². The highest BCUT2D eigenvalue weighted by Crippen LogP contribution is 2.20. The SMILES string of the molecule is CCOC(=O)c1noc2ncn([C@H](C)C(=O)N(CC)c3cccc(C)c3)c(=O)c12. The number of benzene rings is 1. The monoisotopic (exact) mass is 398 g/mol. The van der Waals surface area contributed by atoms with Crippen LogP contribution in [0.5, 0.6) is 0 Å². The molecule has 1 atom stereocenters. The molecule has 0 aliphatic carbocycles. The van der Waals surface area contributed by atoms with Gasteiger partial charge in [0, 0.05) is 12.2 Å². The third-order valence-electron chi connectivity index (χ3n) is 4.56. The Morgan fingerprint density at radius 2 is 2.07 bits per heavy atom. The number of nitrogens with zero attached hydrogens (tertiary/aromatic N) is 4. The van der Waals surface area contributed by atoms with E-state index in [-0.39, 0.29) is 29.3 Å². The number of aryl methyl sites for hydroxylation is 1. The molecular weight excluding hydrogens is 376 g/mol. The molecule has 1 aromatic carbocycles. The second kappa shape index (κ2) is 8.26. The second-order valence-electron chi connectivity index (χ2n) is 6.49. The van der Waals surface area contributed by atoms with Crippen molar-refractivity contribution in [3.05, 3.63) is 52.2 Å². The summed E-state index contributed by atoms with van der Waals surface area (Å²) in [6, 6.07) is 6.69. The molecule has 0 radical (unpaired) electrons. The number of esters is 1. The van der Waals surface area contributed by atoms with Crippen LogP contribution in [0.25, 0.3) is 11.1 Å². The van der Waals surface area contributed by atoms with E-state index in [4.69, 9.17) is 9.26 Å². The van der Waals surface area contributed by atoms with Crippen molar-refractivity contribution >= 4 is 28.7 Å². The normalized spacial score (nSPS) is 12.0. The van der Waals surface area contributed by atoms with Crippen LogP contribution in [0.1, 0.15) is 42.9 Å². The average Bonchev–Trinajstić information content (AvgIpc) is 3.14. The molecule has 0 saturated carbocycles. The molecule has 0 aliphatic rings. The van der Waals surface area contributed by atoms with Gasteiger partial charge in [0.05, 0.1) is 6.61 Å². The van der Waals surface area contributed by atoms with Crippen molar-refractivity contribution in [3.8, 4) is 0 Å². The summed E-state index contributed by atoms with van der Waals surface area (Å²) in [4.78, 5) is 43.8. The smallest absolute Gasteiger partial charge is 0.361 e. The lowest BCUT2D eigenvalue weighted by Gasteiger charge is -2.25. The Balaban J connectivity index is 2.02. The zero-order valence-corrected chi connectivity index (χ0v) is 16.7. The number of fused-ring (bicyclic) bond motifs is 1. The van der Waals surface area contributed by atoms with E-state index in [1.165, 1.54) is 10.9 Å². The summed E-state index contributed by atoms with van der Waals surface area (Å²) in [5.74, 6) is -1.06. The van der Waals surface area contributed by atoms with E-state index >= 15 is 0 Å². The van der Waals surface area contributed by atoms with Crippen molar-refractivity contribution in [2.75, 3.05) is 18.1 Å². The van der Waals surface area contributed by atoms with Gasteiger partial charge < -0.3 is 14.2 Å². The highest BCUT2D eigenvalue weighted by molar-refractivity contribution is 6.00. The molecule has 152 valence electrons. The number of carbonyl (C=O) groups is 2. The number of likely N-dealkylation sites (N-methyl/N-ethyl adjacent to an activating group) is 1. The zero-order valence-electron chi connectivity index (χ0n) is 16.7. The number of anilines is 1. The molecule has 0 aliphatic heterocycles. The molecule has 0 spiro atoms. The first-order valence-corrected chi connectivity index (χ1v) is 9.30. The molecule has 3 aromatic rings. The summed E-state index contributed by atoms with van der Waals surface area (Å²) in [6.45, 7) is 7.60. The van der Waals surface area contributed by atoms with Gasteiger partial charge in [-0.25, -0.2) is 9.78 Å². The van der Waals surface area contributed by atoms with E-state index in [0.29, 0.717) is 6.54 Å². The van der Waals surface area contributed by atoms with Crippen LogP contribution in [0.2, 0.25) is 0 Å². The van der Waals surface area contributed by atoms with E-state index < -0.39 is 17.6 Å². The van der Waals surface area contributed by atoms with Gasteiger partial charge >= 0.3 is 5.97 Å². The highest BCUT2D eigenvalue weighted by Gasteiger charge is 2.27. The number of hydrogen-bond acceptors (Lipinski definition) is 7. The summed E-state index contributed by atoms with van der Waals surface area (Å²) in [6.07, 6.45) is 1.22. The molecule has 9 heteroatoms. The number of rotatable bonds is 6. The highest BCUT2D eigenvalue weighted by atomic mass is 16.5. The fraction of sp³-hybridized carbons (Fsp3) is 0.350. The summed E-state index contributed by atoms with van der Waals surface area (Å²) in [5, 5.41) is 3.50. The lowest BCUT2D eigenvalue weighted by atomic mass is 10.2. The lowest BCUT2D eigenvalue weighted by molar-refractivity contribution is -0.121. The standard InChI is InChI=1S/C20H22N4O5/c1-5-23(14-9-7-8-12(3)10-14)18(25)13(4)24-11-21-17-15(19(24)26)16(22-29-17)20(27)28-6-2/h7-11,13H,5-6H2,1-4H3/t13-/m1/s1. The molecular formula is C20H22N4O5. The van der Waals surface area contributed by atoms with Crippen LogP contribution in [0, 0.1) is 6.92 Å². The quantitative estimate of drug-likeness (QED) is 0.587. The topological polar surface area (TPSA) is 108 Å². The van der Waals surface area contributed by atoms with Crippen molar-refractivity contribution in [3.63, 3.8) is 0 Å². The zero-order chi connectivity index (χ0) is 21.1. The Morgan fingerprint density at radius 3 is 2.72 bits per heavy atom. The minimum absolute atomic E-state index is 0.0833. The maximum absolute atomic E-state index is 13.1. The average molecular weight is 398 g/mol. The fourth-order valence-corrected chi connectivity index (χ4v) is 3.08. The number of carbonyl (C=O) groups excluding carboxylic acids is 2. The summed E-state index contributed by atoms with van der Waals surface area (Å²) < 4.78 is 11.1. The predicted octanol–water partition coefficient (Wildman–Crippen LogP) is 2.48. The second-order valence-corrected chi connectivity index (χ2v) is 6.49. The van der Waals surface area contributed by atoms with Crippen molar-refractivity contribution < 1.29 is 18.8 Å². The van der Waals surface area contributed by atoms with Gasteiger partial charge in [0.15, 0.2) is 0 Å². The van der Waals surface area contributed by atoms with E-state index in [1.54, 1.807) is 18.7 Å². The Bertz CT molecular complexity index is 1120. The Morgan fingerprint density at radius 1 is 1.31 bits per heavy atom. The van der Waals surface area contributed by atoms with Gasteiger partial charge in [-0.3, -0.25) is 14.2 Å². The van der Waals surface area contributed by atoms with Crippen molar-refractivity contribution in [2.24, 2.45) is 0 Å². The van der Waals surface area contributed by atoms with Crippen LogP contribution in [0.4, 0.5) is 5.69 Å². The van der Waals surface area contributed by atoms with Crippen LogP contribution < -0.4 is 10.5 Å². The van der Waals surface area contributed by atoms with Crippen molar-refractivity contribution in [1.29, 1.82) is 0 Å². The van der Waals surface area contributed by atoms with Gasteiger partial charge in [-0.15, -0.1) is 0 Å². The Labute approximate surface area is 166 Å². The maximum Gasteiger partial charge on any atom is 0.361 e. The molecule has 29 heavy (non-hydrogen) atoms. The number of ether oxygens (including phenoxy) is 1. The van der Waals surface area contributed by atoms with Gasteiger partial charge in [-0.2, -0.15) is 0 Å². The molecule has 0 bridgehead atoms. The van der Waals surface area contributed by atoms with Crippen LogP contribution in [-0.4, -0.2) is 39.7 Å². The van der Waals surface area contributed by atoms with Crippen LogP contribution >= 0.6 is 0 Å². The van der Waals surface area contributed by atoms with Crippen LogP contribution in [0.15, 0.2) is 39.9 Å². The van der Waals surface area contributed by atoms with Gasteiger partial charge in [-0.05, 0) is 45.4 Å². The molecule has 2 aromatic heterocycles. The van der Waals surface area contributed by atoms with Crippen LogP contribution in [-0.2, 0) is 9.53 Å². The number of amides is 1. The van der Waals surface area contributed by atoms with Crippen LogP contribution in [0.3, 0.4) is 0 Å². The number of aromatic nitrogens is 3. The largest absolute Gasteiger partial charge is 0.461 e. The summed E-state index contributed by atoms with van der Waals surface area (Å²) >= 11 is 0. The molecule has 0 saturated heterocycles. The van der Waals surface area contributed by atoms with Gasteiger partial charge in [0.25, 0.3) is 11.3 Å². The van der Waals surface area contributed by atoms with E-state index in [9.17, 15) is 14.4 Å². The molecule has 9 nitrogen and oxygen atoms in total. The minimum atomic E-state index is -0.857. The molecule has 3 rings (SSSR count). The van der Waals surface area contributed by atoms with E-state index in [0.717, 1.165) is 11.3 Å². The fourth-order valence-electron chi connectivity index (χ4n) is 3.08. The first-order valence-electron chi connectivity index (χ1n) is 9.30. The lowest BCUT2D eigenvalue weighted by Crippen LogP contribution is -2.39. The minimum Gasteiger partial charge on any atom is -0.461 e. The maximum atomic E-state index is 13.1. The first-order chi connectivity index (χ1) is 13.9. The third kappa shape index (κ3) is 3.75. The molecule has 1 amide bonds. The summed E-state index contributed by atoms with van der Waals surface area (Å²) in [7, 11) is 0. The molecule has 2 heterocycles. The van der Waals surface area contributed by atoms with E-state index in [1.807, 2.05) is 38.1 Å². The van der Waals surface area contributed by atoms with E-state index in [2.05, 4.69) is 10.1 Å². The third-order valence-corrected chi connectivity index (χ3v) is 4.56. The Hall–Kier alpha value is -3.49. The van der Waals surface area contributed by atoms with Crippen molar-refractivity contribution in [2.45, 2.75) is 33.7 Å². The Kier molecular flexibility index (Phi) is 5.76. The molecule has 0 unspecified atom stereocenters. The predicted molar refractivity (Wildman–Crippen MR) is 106 cm³/mol. The van der Waals surface area contributed by atoms with Crippen molar-refractivity contribution in [1.82, 2.24) is 14.7 Å². The first kappa shape index (κ1) is 20.2. The molecule has 0 fully saturated rings. The summed E-state index contributed by atoms with van der Waals surface area (Å²) in [5.41, 5.74) is 0.827.